The lowest BCUT2D eigenvalue weighted by Crippen LogP contribution is -2.30. The Bertz CT molecular complexity index is 458. The van der Waals surface area contributed by atoms with Crippen molar-refractivity contribution < 1.29 is 14.3 Å². The molecule has 18 heavy (non-hydrogen) atoms. The highest BCUT2D eigenvalue weighted by Crippen LogP contribution is 2.38. The van der Waals surface area contributed by atoms with Crippen molar-refractivity contribution in [2.45, 2.75) is 13.8 Å². The van der Waals surface area contributed by atoms with Gasteiger partial charge in [-0.1, -0.05) is 11.6 Å². The molecular formula is C13H16ClNO3. The summed E-state index contributed by atoms with van der Waals surface area (Å²) in [5.74, 6) is 1.03. The summed E-state index contributed by atoms with van der Waals surface area (Å²) in [5.41, 5.74) is 0.535. The third-order valence-corrected chi connectivity index (χ3v) is 3.18. The first-order chi connectivity index (χ1) is 8.67. The predicted molar refractivity (Wildman–Crippen MR) is 69.7 cm³/mol. The lowest BCUT2D eigenvalue weighted by atomic mass is 10.1. The minimum atomic E-state index is -0.0427. The van der Waals surface area contributed by atoms with Crippen molar-refractivity contribution in [3.8, 4) is 11.5 Å². The van der Waals surface area contributed by atoms with Gasteiger partial charge in [0.1, 0.15) is 13.2 Å². The van der Waals surface area contributed by atoms with Crippen LogP contribution < -0.4 is 9.47 Å². The van der Waals surface area contributed by atoms with Gasteiger partial charge in [-0.25, -0.2) is 0 Å². The van der Waals surface area contributed by atoms with Crippen LogP contribution in [-0.2, 0) is 0 Å². The standard InChI is InChI=1S/C13H16ClNO3/c1-3-15(4-2)13(16)9-7-10(14)12-11(8-9)17-5-6-18-12/h7-8H,3-6H2,1-2H3. The molecule has 4 nitrogen and oxygen atoms in total. The highest BCUT2D eigenvalue weighted by molar-refractivity contribution is 6.32. The second-order valence-electron chi connectivity index (χ2n) is 3.96. The van der Waals surface area contributed by atoms with Crippen LogP contribution in [0.5, 0.6) is 11.5 Å². The molecule has 0 unspecified atom stereocenters. The zero-order valence-corrected chi connectivity index (χ0v) is 11.3. The van der Waals surface area contributed by atoms with Crippen molar-refractivity contribution in [2.75, 3.05) is 26.3 Å². The lowest BCUT2D eigenvalue weighted by Gasteiger charge is -2.22. The molecule has 0 N–H and O–H groups in total. The van der Waals surface area contributed by atoms with Gasteiger partial charge in [-0.2, -0.15) is 0 Å². The Morgan fingerprint density at radius 2 is 1.94 bits per heavy atom. The molecule has 1 amide bonds. The number of nitrogens with zero attached hydrogens (tertiary/aromatic N) is 1. The molecule has 1 aromatic carbocycles. The minimum Gasteiger partial charge on any atom is -0.486 e. The van der Waals surface area contributed by atoms with Crippen LogP contribution >= 0.6 is 11.6 Å². The first kappa shape index (κ1) is 13.0. The second kappa shape index (κ2) is 5.48. The molecule has 98 valence electrons. The van der Waals surface area contributed by atoms with E-state index < -0.39 is 0 Å². The zero-order valence-electron chi connectivity index (χ0n) is 10.5. The average Bonchev–Trinajstić information content (AvgIpc) is 2.40. The molecule has 1 heterocycles. The summed E-state index contributed by atoms with van der Waals surface area (Å²) >= 11 is 6.11. The van der Waals surface area contributed by atoms with Gasteiger partial charge in [-0.3, -0.25) is 4.79 Å². The fraction of sp³-hybridized carbons (Fsp3) is 0.462. The Balaban J connectivity index is 2.35. The highest BCUT2D eigenvalue weighted by Gasteiger charge is 2.21. The van der Waals surface area contributed by atoms with E-state index in [4.69, 9.17) is 21.1 Å². The number of halogens is 1. The van der Waals surface area contributed by atoms with Crippen LogP contribution in [0.4, 0.5) is 0 Å². The molecule has 0 spiro atoms. The third-order valence-electron chi connectivity index (χ3n) is 2.89. The maximum Gasteiger partial charge on any atom is 0.254 e. The first-order valence-electron chi connectivity index (χ1n) is 6.05. The number of rotatable bonds is 3. The Hall–Kier alpha value is -1.42. The summed E-state index contributed by atoms with van der Waals surface area (Å²) in [7, 11) is 0. The average molecular weight is 270 g/mol. The van der Waals surface area contributed by atoms with Crippen molar-refractivity contribution >= 4 is 17.5 Å². The topological polar surface area (TPSA) is 38.8 Å². The molecule has 1 aromatic rings. The van der Waals surface area contributed by atoms with E-state index in [0.29, 0.717) is 48.4 Å². The molecule has 1 aliphatic rings. The Labute approximate surface area is 111 Å². The number of carbonyl (C=O) groups is 1. The van der Waals surface area contributed by atoms with Crippen LogP contribution in [0.2, 0.25) is 5.02 Å². The van der Waals surface area contributed by atoms with Crippen LogP contribution in [0, 0.1) is 0 Å². The maximum absolute atomic E-state index is 12.2. The van der Waals surface area contributed by atoms with E-state index in [-0.39, 0.29) is 5.91 Å². The second-order valence-corrected chi connectivity index (χ2v) is 4.37. The van der Waals surface area contributed by atoms with E-state index >= 15 is 0 Å². The van der Waals surface area contributed by atoms with Gasteiger partial charge < -0.3 is 14.4 Å². The molecule has 1 aliphatic heterocycles. The molecule has 0 aromatic heterocycles. The van der Waals surface area contributed by atoms with E-state index in [1.807, 2.05) is 13.8 Å². The number of amides is 1. The number of fused-ring (bicyclic) bond motifs is 1. The van der Waals surface area contributed by atoms with Crippen LogP contribution in [-0.4, -0.2) is 37.1 Å². The van der Waals surface area contributed by atoms with Crippen molar-refractivity contribution in [1.29, 1.82) is 0 Å². The smallest absolute Gasteiger partial charge is 0.254 e. The summed E-state index contributed by atoms with van der Waals surface area (Å²) in [4.78, 5) is 14.0. The Morgan fingerprint density at radius 3 is 2.61 bits per heavy atom. The van der Waals surface area contributed by atoms with E-state index in [1.54, 1.807) is 17.0 Å². The highest BCUT2D eigenvalue weighted by atomic mass is 35.5. The first-order valence-corrected chi connectivity index (χ1v) is 6.43. The summed E-state index contributed by atoms with van der Waals surface area (Å²) in [6.45, 7) is 6.19. The van der Waals surface area contributed by atoms with Gasteiger partial charge in [0.15, 0.2) is 11.5 Å². The van der Waals surface area contributed by atoms with Crippen LogP contribution in [0.15, 0.2) is 12.1 Å². The van der Waals surface area contributed by atoms with Crippen molar-refractivity contribution in [3.63, 3.8) is 0 Å². The van der Waals surface area contributed by atoms with Crippen molar-refractivity contribution in [3.05, 3.63) is 22.7 Å². The van der Waals surface area contributed by atoms with E-state index in [2.05, 4.69) is 0 Å². The summed E-state index contributed by atoms with van der Waals surface area (Å²) in [6, 6.07) is 3.33. The number of ether oxygens (including phenoxy) is 2. The number of hydrogen-bond donors (Lipinski definition) is 0. The van der Waals surface area contributed by atoms with Gasteiger partial charge in [0.2, 0.25) is 0 Å². The normalized spacial score (nSPS) is 13.3. The van der Waals surface area contributed by atoms with Gasteiger partial charge in [0.05, 0.1) is 5.02 Å². The molecule has 2 rings (SSSR count). The Kier molecular flexibility index (Phi) is 3.97. The summed E-state index contributed by atoms with van der Waals surface area (Å²) in [5, 5.41) is 0.419. The number of hydrogen-bond acceptors (Lipinski definition) is 3. The molecule has 5 heteroatoms. The number of carbonyl (C=O) groups excluding carboxylic acids is 1. The fourth-order valence-corrected chi connectivity index (χ4v) is 2.19. The largest absolute Gasteiger partial charge is 0.486 e. The van der Waals surface area contributed by atoms with Gasteiger partial charge in [0.25, 0.3) is 5.91 Å². The molecular weight excluding hydrogens is 254 g/mol. The van der Waals surface area contributed by atoms with Crippen LogP contribution in [0.3, 0.4) is 0 Å². The molecule has 0 radical (unpaired) electrons. The molecule has 0 saturated carbocycles. The summed E-state index contributed by atoms with van der Waals surface area (Å²) < 4.78 is 10.9. The number of benzene rings is 1. The van der Waals surface area contributed by atoms with E-state index in [1.165, 1.54) is 0 Å². The predicted octanol–water partition coefficient (Wildman–Crippen LogP) is 2.59. The maximum atomic E-state index is 12.2. The fourth-order valence-electron chi connectivity index (χ4n) is 1.93. The molecule has 0 bridgehead atoms. The van der Waals surface area contributed by atoms with Crippen molar-refractivity contribution in [1.82, 2.24) is 4.90 Å². The Morgan fingerprint density at radius 1 is 1.28 bits per heavy atom. The van der Waals surface area contributed by atoms with Gasteiger partial charge in [-0.15, -0.1) is 0 Å². The summed E-state index contributed by atoms with van der Waals surface area (Å²) in [6.07, 6.45) is 0. The molecule has 0 atom stereocenters. The molecule has 0 fully saturated rings. The van der Waals surface area contributed by atoms with Crippen molar-refractivity contribution in [2.24, 2.45) is 0 Å². The van der Waals surface area contributed by atoms with E-state index in [0.717, 1.165) is 0 Å². The van der Waals surface area contributed by atoms with Crippen LogP contribution in [0.25, 0.3) is 0 Å². The molecule has 0 aliphatic carbocycles. The van der Waals surface area contributed by atoms with E-state index in [9.17, 15) is 4.79 Å². The quantitative estimate of drug-likeness (QED) is 0.847. The molecule has 0 saturated heterocycles. The van der Waals surface area contributed by atoms with Gasteiger partial charge in [-0.05, 0) is 26.0 Å². The SMILES string of the molecule is CCN(CC)C(=O)c1cc(Cl)c2c(c1)OCCO2. The van der Waals surface area contributed by atoms with Crippen LogP contribution in [0.1, 0.15) is 24.2 Å². The zero-order chi connectivity index (χ0) is 13.1. The third kappa shape index (κ3) is 2.38. The van der Waals surface area contributed by atoms with Gasteiger partial charge in [0, 0.05) is 18.7 Å². The monoisotopic (exact) mass is 269 g/mol. The van der Waals surface area contributed by atoms with Gasteiger partial charge >= 0.3 is 0 Å². The lowest BCUT2D eigenvalue weighted by molar-refractivity contribution is 0.0772. The minimum absolute atomic E-state index is 0.0427.